The van der Waals surface area contributed by atoms with E-state index in [0.29, 0.717) is 5.82 Å². The topological polar surface area (TPSA) is 43.6 Å². The van der Waals surface area contributed by atoms with Crippen LogP contribution in [0.2, 0.25) is 5.28 Å². The van der Waals surface area contributed by atoms with Gasteiger partial charge >= 0.3 is 0 Å². The van der Waals surface area contributed by atoms with E-state index in [1.165, 1.54) is 0 Å². The molecule has 13 heavy (non-hydrogen) atoms. The molecule has 0 spiro atoms. The molecule has 4 nitrogen and oxygen atoms in total. The summed E-state index contributed by atoms with van der Waals surface area (Å²) in [5, 5.41) is 0.182. The first-order valence-corrected chi connectivity index (χ1v) is 3.63. The second-order valence-electron chi connectivity index (χ2n) is 2.09. The van der Waals surface area contributed by atoms with Gasteiger partial charge in [0.2, 0.25) is 0 Å². The van der Waals surface area contributed by atoms with Gasteiger partial charge in [-0.05, 0) is 0 Å². The van der Waals surface area contributed by atoms with E-state index >= 15 is 0 Å². The minimum atomic E-state index is 0. The summed E-state index contributed by atoms with van der Waals surface area (Å²) in [5.74, 6) is 0.660. The van der Waals surface area contributed by atoms with Crippen molar-refractivity contribution in [1.29, 1.82) is 0 Å². The fraction of sp³-hybridized carbons (Fsp3) is 0. The Labute approximate surface area is 91.9 Å². The maximum Gasteiger partial charge on any atom is 0.107 e. The summed E-state index contributed by atoms with van der Waals surface area (Å²) in [6.45, 7) is 0. The zero-order chi connectivity index (χ0) is 8.39. The van der Waals surface area contributed by atoms with Crippen molar-refractivity contribution in [2.24, 2.45) is 0 Å². The normalized spacial score (nSPS) is 9.31. The maximum absolute atomic E-state index is 5.57. The molecule has 2 rings (SSSR count). The molecule has 0 unspecified atom stereocenters. The van der Waals surface area contributed by atoms with Gasteiger partial charge in [0, 0.05) is 36.8 Å². The van der Waals surface area contributed by atoms with Crippen LogP contribution in [0.1, 0.15) is 0 Å². The Morgan fingerprint density at radius 1 is 1.46 bits per heavy atom. The van der Waals surface area contributed by atoms with E-state index in [1.807, 2.05) is 0 Å². The first-order chi connectivity index (χ1) is 5.86. The van der Waals surface area contributed by atoms with Gasteiger partial charge in [0.05, 0.1) is 6.33 Å². The van der Waals surface area contributed by atoms with Gasteiger partial charge in [-0.15, -0.1) is 17.7 Å². The molecule has 0 amide bonds. The molecule has 0 aromatic carbocycles. The molecule has 65 valence electrons. The molecule has 2 heterocycles. The smallest absolute Gasteiger partial charge is 0.107 e. The predicted octanol–water partition coefficient (Wildman–Crippen LogP) is 1.11. The van der Waals surface area contributed by atoms with Crippen LogP contribution in [0.5, 0.6) is 0 Å². The summed E-state index contributed by atoms with van der Waals surface area (Å²) in [5.41, 5.74) is 0. The summed E-state index contributed by atoms with van der Waals surface area (Å²) in [4.78, 5) is 11.5. The van der Waals surface area contributed by atoms with Crippen LogP contribution in [-0.2, 0) is 18.6 Å². The van der Waals surface area contributed by atoms with Crippen LogP contribution >= 0.6 is 11.6 Å². The van der Waals surface area contributed by atoms with E-state index in [0.717, 1.165) is 0 Å². The molecule has 0 aliphatic carbocycles. The van der Waals surface area contributed by atoms with Crippen LogP contribution in [0, 0.1) is 6.20 Å². The average molecular weight is 231 g/mol. The van der Waals surface area contributed by atoms with Crippen LogP contribution in [0.25, 0.3) is 5.82 Å². The van der Waals surface area contributed by atoms with E-state index in [1.54, 1.807) is 29.4 Å². The minimum Gasteiger partial charge on any atom is -0.359 e. The van der Waals surface area contributed by atoms with Crippen molar-refractivity contribution in [3.8, 4) is 5.82 Å². The molecule has 2 aromatic rings. The maximum atomic E-state index is 5.57. The Balaban J connectivity index is 0.000000845. The molecule has 0 bridgehead atoms. The molecule has 0 saturated heterocycles. The van der Waals surface area contributed by atoms with Crippen LogP contribution < -0.4 is 0 Å². The average Bonchev–Trinajstić information content (AvgIpc) is 2.56. The van der Waals surface area contributed by atoms with Gasteiger partial charge in [-0.3, -0.25) is 0 Å². The number of hydrogen-bond donors (Lipinski definition) is 0. The van der Waals surface area contributed by atoms with Crippen molar-refractivity contribution in [2.75, 3.05) is 0 Å². The summed E-state index contributed by atoms with van der Waals surface area (Å²) in [7, 11) is 0. The molecule has 0 aliphatic rings. The van der Waals surface area contributed by atoms with Crippen molar-refractivity contribution in [2.45, 2.75) is 0 Å². The van der Waals surface area contributed by atoms with Crippen molar-refractivity contribution in [3.05, 3.63) is 36.3 Å². The van der Waals surface area contributed by atoms with Crippen molar-refractivity contribution in [1.82, 2.24) is 19.5 Å². The fourth-order valence-electron chi connectivity index (χ4n) is 0.822. The van der Waals surface area contributed by atoms with Gasteiger partial charge in [-0.2, -0.15) is 0 Å². The van der Waals surface area contributed by atoms with Crippen molar-refractivity contribution in [3.63, 3.8) is 0 Å². The molecule has 0 aliphatic heterocycles. The predicted molar refractivity (Wildman–Crippen MR) is 43.0 cm³/mol. The van der Waals surface area contributed by atoms with E-state index < -0.39 is 0 Å². The van der Waals surface area contributed by atoms with Crippen LogP contribution in [-0.4, -0.2) is 19.5 Å². The number of rotatable bonds is 1. The first kappa shape index (κ1) is 10.2. The molecule has 0 atom stereocenters. The molecule has 1 radical (unpaired) electrons. The molecule has 2 aromatic heterocycles. The Bertz CT molecular complexity index is 376. The summed E-state index contributed by atoms with van der Waals surface area (Å²) in [6, 6.07) is 1.63. The van der Waals surface area contributed by atoms with E-state index in [2.05, 4.69) is 21.1 Å². The molecule has 6 heteroatoms. The van der Waals surface area contributed by atoms with E-state index in [-0.39, 0.29) is 23.8 Å². The largest absolute Gasteiger partial charge is 0.359 e. The quantitative estimate of drug-likeness (QED) is 0.545. The van der Waals surface area contributed by atoms with Crippen LogP contribution in [0.3, 0.4) is 0 Å². The third kappa shape index (κ3) is 2.31. The Morgan fingerprint density at radius 3 is 2.92 bits per heavy atom. The standard InChI is InChI=1S/C7H4ClN4.V/c8-7-10-2-1-6(11-7)12-4-3-9-5-12;/h1,3-5H;/q-1;. The molecular formula is C7H4ClN4V-. The van der Waals surface area contributed by atoms with Gasteiger partial charge in [-0.1, -0.05) is 6.20 Å². The zero-order valence-corrected chi connectivity index (χ0v) is 8.58. The van der Waals surface area contributed by atoms with Gasteiger partial charge < -0.3 is 14.5 Å². The van der Waals surface area contributed by atoms with Gasteiger partial charge in [-0.25, -0.2) is 4.98 Å². The zero-order valence-electron chi connectivity index (χ0n) is 6.42. The van der Waals surface area contributed by atoms with Crippen LogP contribution in [0.15, 0.2) is 24.8 Å². The van der Waals surface area contributed by atoms with Gasteiger partial charge in [0.1, 0.15) is 5.28 Å². The van der Waals surface area contributed by atoms with Gasteiger partial charge in [0.25, 0.3) is 0 Å². The van der Waals surface area contributed by atoms with E-state index in [4.69, 9.17) is 11.6 Å². The molecule has 0 N–H and O–H groups in total. The number of hydrogen-bond acceptors (Lipinski definition) is 3. The number of halogens is 1. The second-order valence-corrected chi connectivity index (χ2v) is 2.43. The molecular weight excluding hydrogens is 227 g/mol. The van der Waals surface area contributed by atoms with Crippen LogP contribution in [0.4, 0.5) is 0 Å². The Morgan fingerprint density at radius 2 is 2.31 bits per heavy atom. The van der Waals surface area contributed by atoms with E-state index in [9.17, 15) is 0 Å². The third-order valence-electron chi connectivity index (χ3n) is 1.33. The molecule has 0 fully saturated rings. The summed E-state index contributed by atoms with van der Waals surface area (Å²) in [6.07, 6.45) is 7.69. The van der Waals surface area contributed by atoms with Crippen molar-refractivity contribution < 1.29 is 18.6 Å². The number of imidazole rings is 1. The second kappa shape index (κ2) is 4.41. The Hall–Kier alpha value is -0.836. The number of aromatic nitrogens is 4. The summed E-state index contributed by atoms with van der Waals surface area (Å²) >= 11 is 5.57. The van der Waals surface area contributed by atoms with Gasteiger partial charge in [0.15, 0.2) is 0 Å². The Kier molecular flexibility index (Phi) is 3.48. The fourth-order valence-corrected chi connectivity index (χ4v) is 0.957. The number of nitrogens with zero attached hydrogens (tertiary/aromatic N) is 4. The first-order valence-electron chi connectivity index (χ1n) is 3.25. The third-order valence-corrected chi connectivity index (χ3v) is 1.50. The summed E-state index contributed by atoms with van der Waals surface area (Å²) < 4.78 is 1.73. The molecule has 0 saturated carbocycles. The monoisotopic (exact) mass is 230 g/mol. The van der Waals surface area contributed by atoms with Crippen molar-refractivity contribution >= 4 is 11.6 Å². The SMILES string of the molecule is Clc1n[c-]cc(-n2ccnc2)n1.[V]. The minimum absolute atomic E-state index is 0.